The summed E-state index contributed by atoms with van der Waals surface area (Å²) in [6, 6.07) is 2.77. The van der Waals surface area contributed by atoms with Crippen molar-refractivity contribution in [2.75, 3.05) is 0 Å². The van der Waals surface area contributed by atoms with Crippen LogP contribution >= 0.6 is 0 Å². The minimum absolute atomic E-state index is 0.0838. The highest BCUT2D eigenvalue weighted by atomic mass is 19.4. The first-order valence-corrected chi connectivity index (χ1v) is 7.29. The maximum atomic E-state index is 14.1. The molecule has 2 N–H and O–H groups in total. The van der Waals surface area contributed by atoms with Crippen molar-refractivity contribution in [3.05, 3.63) is 34.6 Å². The van der Waals surface area contributed by atoms with Crippen molar-refractivity contribution in [3.63, 3.8) is 0 Å². The Bertz CT molecular complexity index is 478. The van der Waals surface area contributed by atoms with E-state index >= 15 is 0 Å². The second-order valence-corrected chi connectivity index (χ2v) is 6.16. The summed E-state index contributed by atoms with van der Waals surface area (Å²) in [7, 11) is 0. The van der Waals surface area contributed by atoms with Gasteiger partial charge in [-0.2, -0.15) is 13.2 Å². The van der Waals surface area contributed by atoms with Gasteiger partial charge in [-0.15, -0.1) is 0 Å². The van der Waals surface area contributed by atoms with Crippen molar-refractivity contribution in [2.45, 2.75) is 51.7 Å². The minimum atomic E-state index is -4.12. The van der Waals surface area contributed by atoms with Crippen molar-refractivity contribution in [1.29, 1.82) is 0 Å². The molecule has 0 radical (unpaired) electrons. The van der Waals surface area contributed by atoms with Gasteiger partial charge in [0.2, 0.25) is 0 Å². The van der Waals surface area contributed by atoms with E-state index < -0.39 is 18.1 Å². The molecule has 21 heavy (non-hydrogen) atoms. The Hall–Kier alpha value is -1.10. The molecule has 1 unspecified atom stereocenters. The van der Waals surface area contributed by atoms with Gasteiger partial charge in [-0.05, 0) is 62.6 Å². The van der Waals surface area contributed by atoms with Gasteiger partial charge in [0.05, 0.1) is 5.92 Å². The van der Waals surface area contributed by atoms with Crippen LogP contribution < -0.4 is 5.73 Å². The zero-order valence-electron chi connectivity index (χ0n) is 12.3. The number of nitrogens with two attached hydrogens (primary N) is 1. The van der Waals surface area contributed by atoms with Crippen molar-refractivity contribution in [3.8, 4) is 0 Å². The van der Waals surface area contributed by atoms with Gasteiger partial charge in [0, 0.05) is 11.6 Å². The highest BCUT2D eigenvalue weighted by Gasteiger charge is 2.42. The molecular weight excluding hydrogens is 282 g/mol. The van der Waals surface area contributed by atoms with Crippen molar-refractivity contribution >= 4 is 0 Å². The molecule has 1 aliphatic rings. The molecule has 1 atom stereocenters. The number of halogens is 4. The van der Waals surface area contributed by atoms with E-state index in [4.69, 9.17) is 5.73 Å². The lowest BCUT2D eigenvalue weighted by molar-refractivity contribution is -0.184. The van der Waals surface area contributed by atoms with Gasteiger partial charge >= 0.3 is 6.18 Å². The van der Waals surface area contributed by atoms with E-state index in [1.807, 2.05) is 6.07 Å². The van der Waals surface area contributed by atoms with Crippen LogP contribution in [0.15, 0.2) is 12.1 Å². The van der Waals surface area contributed by atoms with Gasteiger partial charge in [-0.1, -0.05) is 6.07 Å². The summed E-state index contributed by atoms with van der Waals surface area (Å²) in [5.41, 5.74) is 8.21. The lowest BCUT2D eigenvalue weighted by Gasteiger charge is -2.33. The maximum absolute atomic E-state index is 14.1. The summed E-state index contributed by atoms with van der Waals surface area (Å²) in [5.74, 6) is -1.66. The molecule has 0 spiro atoms. The molecule has 0 aliphatic heterocycles. The molecule has 0 heterocycles. The first-order valence-electron chi connectivity index (χ1n) is 7.29. The van der Waals surface area contributed by atoms with Gasteiger partial charge in [-0.3, -0.25) is 0 Å². The van der Waals surface area contributed by atoms with Crippen LogP contribution in [0.3, 0.4) is 0 Å². The number of rotatable bonds is 2. The van der Waals surface area contributed by atoms with Crippen LogP contribution in [0.5, 0.6) is 0 Å². The zero-order chi connectivity index (χ0) is 15.8. The minimum Gasteiger partial charge on any atom is -0.324 e. The molecule has 0 saturated heterocycles. The third-order valence-electron chi connectivity index (χ3n) is 4.56. The van der Waals surface area contributed by atoms with Crippen LogP contribution in [-0.2, 0) is 0 Å². The smallest absolute Gasteiger partial charge is 0.324 e. The standard InChI is InChI=1S/C16H21F4N/c1-9-7-10(2)14(13(17)8-9)15(21)11-3-5-12(6-4-11)16(18,19)20/h7-8,11-12,15H,3-6,21H2,1-2H3. The van der Waals surface area contributed by atoms with Crippen LogP contribution in [0, 0.1) is 31.5 Å². The maximum Gasteiger partial charge on any atom is 0.391 e. The number of benzene rings is 1. The highest BCUT2D eigenvalue weighted by molar-refractivity contribution is 5.34. The lowest BCUT2D eigenvalue weighted by Crippen LogP contribution is -2.32. The molecule has 0 amide bonds. The molecule has 1 saturated carbocycles. The van der Waals surface area contributed by atoms with E-state index in [0.29, 0.717) is 18.4 Å². The quantitative estimate of drug-likeness (QED) is 0.779. The Morgan fingerprint density at radius 3 is 2.14 bits per heavy atom. The fourth-order valence-electron chi connectivity index (χ4n) is 3.39. The number of hydrogen-bond acceptors (Lipinski definition) is 1. The average molecular weight is 303 g/mol. The topological polar surface area (TPSA) is 26.0 Å². The highest BCUT2D eigenvalue weighted by Crippen LogP contribution is 2.43. The SMILES string of the molecule is Cc1cc(C)c(C(N)C2CCC(C(F)(F)F)CC2)c(F)c1. The van der Waals surface area contributed by atoms with Gasteiger partial charge in [0.15, 0.2) is 0 Å². The largest absolute Gasteiger partial charge is 0.391 e. The van der Waals surface area contributed by atoms with Gasteiger partial charge in [-0.25, -0.2) is 4.39 Å². The first-order chi connectivity index (χ1) is 9.70. The van der Waals surface area contributed by atoms with E-state index in [-0.39, 0.29) is 24.6 Å². The second-order valence-electron chi connectivity index (χ2n) is 6.16. The molecule has 0 bridgehead atoms. The Balaban J connectivity index is 2.11. The molecule has 2 rings (SSSR count). The first kappa shape index (κ1) is 16.3. The van der Waals surface area contributed by atoms with Gasteiger partial charge < -0.3 is 5.73 Å². The molecule has 1 aliphatic carbocycles. The fourth-order valence-corrected chi connectivity index (χ4v) is 3.39. The average Bonchev–Trinajstić information content (AvgIpc) is 2.36. The number of aryl methyl sites for hydroxylation is 2. The van der Waals surface area contributed by atoms with Crippen LogP contribution in [0.4, 0.5) is 17.6 Å². The summed E-state index contributed by atoms with van der Waals surface area (Å²) >= 11 is 0. The Kier molecular flexibility index (Phi) is 4.61. The van der Waals surface area contributed by atoms with Crippen LogP contribution in [0.2, 0.25) is 0 Å². The predicted molar refractivity (Wildman–Crippen MR) is 74.3 cm³/mol. The number of hydrogen-bond donors (Lipinski definition) is 1. The third-order valence-corrected chi connectivity index (χ3v) is 4.56. The summed E-state index contributed by atoms with van der Waals surface area (Å²) in [6.45, 7) is 3.60. The molecule has 1 nitrogen and oxygen atoms in total. The summed E-state index contributed by atoms with van der Waals surface area (Å²) < 4.78 is 52.1. The summed E-state index contributed by atoms with van der Waals surface area (Å²) in [4.78, 5) is 0. The third kappa shape index (κ3) is 3.57. The van der Waals surface area contributed by atoms with Crippen molar-refractivity contribution in [2.24, 2.45) is 17.6 Å². The normalized spacial score (nSPS) is 24.9. The Morgan fingerprint density at radius 2 is 1.67 bits per heavy atom. The van der Waals surface area contributed by atoms with Gasteiger partial charge in [0.1, 0.15) is 5.82 Å². The van der Waals surface area contributed by atoms with Crippen molar-refractivity contribution in [1.82, 2.24) is 0 Å². The van der Waals surface area contributed by atoms with E-state index in [1.165, 1.54) is 6.07 Å². The van der Waals surface area contributed by atoms with Crippen LogP contribution in [0.25, 0.3) is 0 Å². The van der Waals surface area contributed by atoms with E-state index in [1.54, 1.807) is 13.8 Å². The van der Waals surface area contributed by atoms with E-state index in [9.17, 15) is 17.6 Å². The fraction of sp³-hybridized carbons (Fsp3) is 0.625. The van der Waals surface area contributed by atoms with Crippen LogP contribution in [0.1, 0.15) is 48.4 Å². The van der Waals surface area contributed by atoms with Crippen LogP contribution in [-0.4, -0.2) is 6.18 Å². The molecule has 1 aromatic carbocycles. The van der Waals surface area contributed by atoms with E-state index in [0.717, 1.165) is 11.1 Å². The molecule has 118 valence electrons. The molecule has 1 aromatic rings. The zero-order valence-corrected chi connectivity index (χ0v) is 12.3. The van der Waals surface area contributed by atoms with E-state index in [2.05, 4.69) is 0 Å². The molecule has 5 heteroatoms. The monoisotopic (exact) mass is 303 g/mol. The molecule has 0 aromatic heterocycles. The Morgan fingerprint density at radius 1 is 1.10 bits per heavy atom. The summed E-state index contributed by atoms with van der Waals surface area (Å²) in [5, 5.41) is 0. The second kappa shape index (κ2) is 5.95. The lowest BCUT2D eigenvalue weighted by atomic mass is 9.76. The number of alkyl halides is 3. The predicted octanol–water partition coefficient (Wildman–Crippen LogP) is 4.81. The molecular formula is C16H21F4N. The molecule has 1 fully saturated rings. The Labute approximate surface area is 122 Å². The summed E-state index contributed by atoms with van der Waals surface area (Å²) in [6.07, 6.45) is -3.14. The van der Waals surface area contributed by atoms with Gasteiger partial charge in [0.25, 0.3) is 0 Å². The van der Waals surface area contributed by atoms with Crippen molar-refractivity contribution < 1.29 is 17.6 Å².